The maximum absolute atomic E-state index is 12.7. The fourth-order valence-electron chi connectivity index (χ4n) is 11.6. The van der Waals surface area contributed by atoms with Gasteiger partial charge in [-0.2, -0.15) is 0 Å². The number of amides is 3. The van der Waals surface area contributed by atoms with Crippen molar-refractivity contribution in [3.05, 3.63) is 217 Å². The number of quaternary nitrogens is 1. The molecule has 11 N–H and O–H groups in total. The van der Waals surface area contributed by atoms with E-state index >= 15 is 0 Å². The molecule has 8 aromatic carbocycles. The van der Waals surface area contributed by atoms with Crippen LogP contribution in [0.4, 0.5) is 11.4 Å². The number of fused-ring (bicyclic) bond motifs is 12. The van der Waals surface area contributed by atoms with Gasteiger partial charge in [-0.15, -0.1) is 0 Å². The van der Waals surface area contributed by atoms with Crippen LogP contribution >= 0.6 is 0 Å². The second-order valence-corrected chi connectivity index (χ2v) is 26.3. The summed E-state index contributed by atoms with van der Waals surface area (Å²) in [6.45, 7) is 6.19. The number of carboxylic acids is 1. The highest BCUT2D eigenvalue weighted by Gasteiger charge is 2.19. The number of aromatic amines is 4. The van der Waals surface area contributed by atoms with E-state index < -0.39 is 28.3 Å². The monoisotopic (exact) mass is 1400 g/mol. The third kappa shape index (κ3) is 18.6. The maximum Gasteiger partial charge on any atom is 0.312 e. The molecular weight excluding hydrogens is 1320 g/mol. The third-order valence-electron chi connectivity index (χ3n) is 16.3. The zero-order valence-electron chi connectivity index (χ0n) is 55.0. The number of hydrogen-bond acceptors (Lipinski definition) is 15. The number of anilines is 2. The number of morpholine rings is 1. The number of benzene rings is 8. The standard InChI is InChI=1S/C20H21N3O3.C19H23N3O5S.C18H19N3O2.C16H12N2O4.ClH/c24-19(21-7-8-23-9-11-26-12-10-23)14-5-6-16-15-3-1-2-4-17(15)20(25)22-18(16)13-14;23-11-9-22(10-12-24)8-7-20-28(26,27)14-5-6-18-17(13-14)15-3-1-2-4-16(15)19(25)21-18;1-21(2,3)11-17(22)19-12-8-9-16-15(10-12)13-6-4-5-7-14(13)18(23)20-16;19-14(8-15(20)21)17-9-5-6-13-12(7-9)10-3-1-2-4-11(10)16(22)18-13;/h1-6,13H,7-12H2,(H,21,24)(H,22,25);1-6,13,20,23-24H,7-12H2,(H,21,25);4-10H,11H2,1-3H3,(H-,19,20,22,23);1-7H,8H2,(H,17,19)(H,18,22)(H,20,21);1H. The van der Waals surface area contributed by atoms with Gasteiger partial charge in [0, 0.05) is 134 Å². The second kappa shape index (κ2) is 33.4. The lowest BCUT2D eigenvalue weighted by Gasteiger charge is -2.26. The number of rotatable bonds is 19. The van der Waals surface area contributed by atoms with Crippen LogP contribution in [0, 0.1) is 0 Å². The molecule has 5 heterocycles. The maximum atomic E-state index is 12.7. The van der Waals surface area contributed by atoms with Crippen LogP contribution in [0.25, 0.3) is 86.7 Å². The first-order valence-corrected chi connectivity index (χ1v) is 33.4. The van der Waals surface area contributed by atoms with Crippen molar-refractivity contribution >= 4 is 132 Å². The lowest BCUT2D eigenvalue weighted by Crippen LogP contribution is -3.00. The Kier molecular flexibility index (Phi) is 24.6. The minimum Gasteiger partial charge on any atom is -1.00 e. The van der Waals surface area contributed by atoms with Crippen molar-refractivity contribution in [1.29, 1.82) is 0 Å². The van der Waals surface area contributed by atoms with Gasteiger partial charge >= 0.3 is 5.97 Å². The predicted octanol–water partition coefficient (Wildman–Crippen LogP) is 3.41. The first kappa shape index (κ1) is 73.7. The number of hydrogen-bond donors (Lipinski definition) is 11. The average molecular weight is 1400 g/mol. The van der Waals surface area contributed by atoms with Crippen molar-refractivity contribution in [2.75, 3.05) is 117 Å². The third-order valence-corrected chi connectivity index (χ3v) is 17.8. The van der Waals surface area contributed by atoms with Crippen molar-refractivity contribution in [3.63, 3.8) is 0 Å². The number of H-pyrrole nitrogens is 4. The Balaban J connectivity index is 0.000000156. The summed E-state index contributed by atoms with van der Waals surface area (Å²) in [5.41, 5.74) is 3.78. The molecule has 12 aromatic rings. The van der Waals surface area contributed by atoms with E-state index in [0.717, 1.165) is 76.4 Å². The van der Waals surface area contributed by atoms with Gasteiger partial charge in [-0.1, -0.05) is 78.9 Å². The molecule has 0 atom stereocenters. The molecule has 4 aromatic heterocycles. The number of aliphatic carboxylic acids is 1. The van der Waals surface area contributed by atoms with Gasteiger partial charge in [0.15, 0.2) is 6.54 Å². The highest BCUT2D eigenvalue weighted by molar-refractivity contribution is 7.89. The minimum atomic E-state index is -3.75. The summed E-state index contributed by atoms with van der Waals surface area (Å²) in [7, 11) is 2.16. The summed E-state index contributed by atoms with van der Waals surface area (Å²) in [6, 6.07) is 49.8. The normalized spacial score (nSPS) is 12.5. The number of halogens is 1. The Hall–Kier alpha value is -10.5. The number of ether oxygens (including phenoxy) is 1. The van der Waals surface area contributed by atoms with Crippen LogP contribution in [0.3, 0.4) is 0 Å². The van der Waals surface area contributed by atoms with Crippen molar-refractivity contribution in [2.45, 2.75) is 11.3 Å². The van der Waals surface area contributed by atoms with E-state index in [1.54, 1.807) is 102 Å². The number of aliphatic hydroxyl groups excluding tert-OH is 2. The average Bonchev–Trinajstić information content (AvgIpc) is 0.788. The molecule has 0 saturated carbocycles. The Morgan fingerprint density at radius 2 is 0.940 bits per heavy atom. The molecule has 0 radical (unpaired) electrons. The van der Waals surface area contributed by atoms with Gasteiger partial charge in [0.1, 0.15) is 6.42 Å². The number of likely N-dealkylation sites (N-methyl/N-ethyl adjacent to an activating group) is 1. The molecule has 3 amide bonds. The number of aliphatic hydroxyl groups is 2. The van der Waals surface area contributed by atoms with E-state index in [0.29, 0.717) is 97.3 Å². The summed E-state index contributed by atoms with van der Waals surface area (Å²) >= 11 is 0. The largest absolute Gasteiger partial charge is 1.00 e. The number of nitrogens with zero attached hydrogens (tertiary/aromatic N) is 3. The van der Waals surface area contributed by atoms with E-state index in [2.05, 4.69) is 45.5 Å². The SMILES string of the molecule is C[N+](C)(C)CC(=O)Nc1ccc2[nH]c(=O)c3ccccc3c2c1.O=C(NCCN1CCOCC1)c1ccc2c(c1)[nH]c(=O)c1ccccc12.O=C(O)CC(=O)Nc1ccc2[nH]c(=O)c3ccccc3c2c1.O=c1[nH]c2ccc(S(=O)(=O)NCCN(CCO)CCO)cc2c2ccccc12.[Cl-]. The first-order valence-electron chi connectivity index (χ1n) is 31.9. The lowest BCUT2D eigenvalue weighted by atomic mass is 10.0. The van der Waals surface area contributed by atoms with E-state index in [4.69, 9.17) is 20.1 Å². The van der Waals surface area contributed by atoms with Crippen molar-refractivity contribution in [1.82, 2.24) is 39.8 Å². The van der Waals surface area contributed by atoms with Gasteiger partial charge < -0.3 is 72.8 Å². The second-order valence-electron chi connectivity index (χ2n) is 24.5. The Labute approximate surface area is 578 Å². The molecular formula is C73H76ClN11O14S. The number of carbonyl (C=O) groups excluding carboxylic acids is 3. The Bertz CT molecular complexity index is 5380. The number of carbonyl (C=O) groups is 4. The highest BCUT2D eigenvalue weighted by atomic mass is 35.5. The van der Waals surface area contributed by atoms with E-state index in [1.807, 2.05) is 87.9 Å². The number of nitrogens with one attached hydrogen (secondary N) is 8. The zero-order chi connectivity index (χ0) is 70.4. The molecule has 1 aliphatic heterocycles. The van der Waals surface area contributed by atoms with Crippen molar-refractivity contribution in [2.24, 2.45) is 0 Å². The van der Waals surface area contributed by atoms with Crippen LogP contribution in [0.5, 0.6) is 0 Å². The number of carboxylic acid groups (broad SMARTS) is 1. The molecule has 27 heteroatoms. The lowest BCUT2D eigenvalue weighted by molar-refractivity contribution is -0.861. The molecule has 25 nitrogen and oxygen atoms in total. The van der Waals surface area contributed by atoms with Crippen molar-refractivity contribution in [3.8, 4) is 0 Å². The molecule has 1 fully saturated rings. The molecule has 520 valence electrons. The van der Waals surface area contributed by atoms with Gasteiger partial charge in [-0.05, 0) is 113 Å². The fraction of sp³-hybridized carbons (Fsp3) is 0.233. The molecule has 0 bridgehead atoms. The minimum absolute atomic E-state index is 0. The van der Waals surface area contributed by atoms with E-state index in [1.165, 1.54) is 6.07 Å². The van der Waals surface area contributed by atoms with Crippen LogP contribution in [0.1, 0.15) is 16.8 Å². The quantitative estimate of drug-likeness (QED) is 0.0314. The molecule has 1 saturated heterocycles. The smallest absolute Gasteiger partial charge is 0.312 e. The first-order chi connectivity index (χ1) is 47.6. The molecule has 0 aliphatic carbocycles. The van der Waals surface area contributed by atoms with Crippen LogP contribution in [0.2, 0.25) is 0 Å². The van der Waals surface area contributed by atoms with Gasteiger partial charge in [0.2, 0.25) is 15.9 Å². The molecule has 100 heavy (non-hydrogen) atoms. The van der Waals surface area contributed by atoms with E-state index in [9.17, 15) is 46.8 Å². The van der Waals surface area contributed by atoms with Gasteiger partial charge in [0.25, 0.3) is 34.1 Å². The van der Waals surface area contributed by atoms with Gasteiger partial charge in [-0.25, -0.2) is 13.1 Å². The summed E-state index contributed by atoms with van der Waals surface area (Å²) in [5, 5.41) is 43.9. The summed E-state index contributed by atoms with van der Waals surface area (Å²) in [4.78, 5) is 111. The number of pyridine rings is 4. The van der Waals surface area contributed by atoms with Crippen LogP contribution in [0.15, 0.2) is 194 Å². The molecule has 13 rings (SSSR count). The Morgan fingerprint density at radius 1 is 0.510 bits per heavy atom. The zero-order valence-corrected chi connectivity index (χ0v) is 56.6. The van der Waals surface area contributed by atoms with Crippen LogP contribution in [-0.4, -0.2) is 188 Å². The fourth-order valence-corrected chi connectivity index (χ4v) is 12.7. The molecule has 1 aliphatic rings. The molecule has 0 unspecified atom stereocenters. The summed E-state index contributed by atoms with van der Waals surface area (Å²) in [6.07, 6.45) is -0.593. The molecule has 0 spiro atoms. The topological polar surface area (TPSA) is 358 Å². The van der Waals surface area contributed by atoms with Gasteiger partial charge in [-0.3, -0.25) is 48.2 Å². The summed E-state index contributed by atoms with van der Waals surface area (Å²) in [5.74, 6) is -1.95. The highest BCUT2D eigenvalue weighted by Crippen LogP contribution is 2.28. The Morgan fingerprint density at radius 3 is 1.40 bits per heavy atom. The van der Waals surface area contributed by atoms with Crippen LogP contribution in [-0.2, 0) is 29.1 Å². The number of sulfonamides is 1. The number of aromatic nitrogens is 4. The van der Waals surface area contributed by atoms with Crippen LogP contribution < -0.4 is 55.3 Å². The van der Waals surface area contributed by atoms with Gasteiger partial charge in [0.05, 0.1) is 52.5 Å². The predicted molar refractivity (Wildman–Crippen MR) is 386 cm³/mol. The van der Waals surface area contributed by atoms with E-state index in [-0.39, 0.29) is 71.1 Å². The van der Waals surface area contributed by atoms with Crippen molar-refractivity contribution < 1.29 is 64.5 Å². The summed E-state index contributed by atoms with van der Waals surface area (Å²) < 4.78 is 33.8.